The maximum atomic E-state index is 8.73. The molecule has 1 fully saturated rings. The average Bonchev–Trinajstić information content (AvgIpc) is 2.26. The molecule has 0 aromatic heterocycles. The van der Waals surface area contributed by atoms with E-state index in [-0.39, 0.29) is 0 Å². The van der Waals surface area contributed by atoms with Gasteiger partial charge in [0, 0.05) is 6.04 Å². The molecule has 1 rings (SSSR count). The van der Waals surface area contributed by atoms with Gasteiger partial charge in [-0.25, -0.2) is 0 Å². The normalized spacial score (nSPS) is 27.6. The summed E-state index contributed by atoms with van der Waals surface area (Å²) in [4.78, 5) is 2.34. The Labute approximate surface area is 87.9 Å². The second-order valence-corrected chi connectivity index (χ2v) is 4.32. The zero-order valence-electron chi connectivity index (χ0n) is 9.50. The first-order chi connectivity index (χ1) is 6.81. The van der Waals surface area contributed by atoms with Gasteiger partial charge < -0.3 is 0 Å². The second-order valence-electron chi connectivity index (χ2n) is 4.32. The first-order valence-corrected chi connectivity index (χ1v) is 5.92. The Hall–Kier alpha value is -0.550. The van der Waals surface area contributed by atoms with Crippen LogP contribution in [0.2, 0.25) is 0 Å². The molecule has 14 heavy (non-hydrogen) atoms. The number of nitrogens with zero attached hydrogens (tertiary/aromatic N) is 2. The van der Waals surface area contributed by atoms with Crippen LogP contribution in [0.4, 0.5) is 0 Å². The van der Waals surface area contributed by atoms with Crippen molar-refractivity contribution in [2.24, 2.45) is 5.92 Å². The molecule has 2 unspecified atom stereocenters. The Morgan fingerprint density at radius 2 is 2.14 bits per heavy atom. The van der Waals surface area contributed by atoms with Crippen LogP contribution in [0.25, 0.3) is 0 Å². The van der Waals surface area contributed by atoms with Gasteiger partial charge in [-0.3, -0.25) is 4.90 Å². The standard InChI is InChI=1S/C12H22N2/c1-3-11-6-5-7-12(10-11)14(4-2)9-8-13/h11-12H,3-7,9-10H2,1-2H3. The van der Waals surface area contributed by atoms with Crippen molar-refractivity contribution in [2.75, 3.05) is 13.1 Å². The molecule has 0 saturated heterocycles. The largest absolute Gasteiger partial charge is 0.288 e. The number of hydrogen-bond donors (Lipinski definition) is 0. The van der Waals surface area contributed by atoms with E-state index in [0.717, 1.165) is 12.5 Å². The molecule has 0 bridgehead atoms. The number of nitriles is 1. The molecular weight excluding hydrogens is 172 g/mol. The zero-order chi connectivity index (χ0) is 10.4. The van der Waals surface area contributed by atoms with Crippen LogP contribution >= 0.6 is 0 Å². The summed E-state index contributed by atoms with van der Waals surface area (Å²) in [6.45, 7) is 6.08. The second kappa shape index (κ2) is 6.03. The lowest BCUT2D eigenvalue weighted by molar-refractivity contribution is 0.148. The third kappa shape index (κ3) is 2.99. The first-order valence-electron chi connectivity index (χ1n) is 5.92. The summed E-state index contributed by atoms with van der Waals surface area (Å²) in [6.07, 6.45) is 6.67. The molecule has 0 aliphatic heterocycles. The topological polar surface area (TPSA) is 27.0 Å². The summed E-state index contributed by atoms with van der Waals surface area (Å²) in [7, 11) is 0. The highest BCUT2D eigenvalue weighted by molar-refractivity contribution is 4.84. The molecule has 2 heteroatoms. The van der Waals surface area contributed by atoms with E-state index in [4.69, 9.17) is 5.26 Å². The van der Waals surface area contributed by atoms with Gasteiger partial charge in [-0.15, -0.1) is 0 Å². The molecule has 0 N–H and O–H groups in total. The highest BCUT2D eigenvalue weighted by atomic mass is 15.1. The Morgan fingerprint density at radius 3 is 2.71 bits per heavy atom. The van der Waals surface area contributed by atoms with Gasteiger partial charge in [0.1, 0.15) is 0 Å². The average molecular weight is 194 g/mol. The van der Waals surface area contributed by atoms with Gasteiger partial charge in [-0.1, -0.05) is 33.1 Å². The maximum absolute atomic E-state index is 8.73. The quantitative estimate of drug-likeness (QED) is 0.643. The summed E-state index contributed by atoms with van der Waals surface area (Å²) in [5.74, 6) is 0.904. The molecule has 80 valence electrons. The Balaban J connectivity index is 2.45. The smallest absolute Gasteiger partial charge is 0.0868 e. The molecule has 2 nitrogen and oxygen atoms in total. The Kier molecular flexibility index (Phi) is 4.97. The minimum Gasteiger partial charge on any atom is -0.288 e. The van der Waals surface area contributed by atoms with E-state index in [1.807, 2.05) is 0 Å². The third-order valence-electron chi connectivity index (χ3n) is 3.53. The van der Waals surface area contributed by atoms with E-state index in [0.29, 0.717) is 12.6 Å². The zero-order valence-corrected chi connectivity index (χ0v) is 9.50. The highest BCUT2D eigenvalue weighted by Crippen LogP contribution is 2.29. The van der Waals surface area contributed by atoms with Gasteiger partial charge in [0.25, 0.3) is 0 Å². The van der Waals surface area contributed by atoms with E-state index < -0.39 is 0 Å². The minimum absolute atomic E-state index is 0.609. The maximum Gasteiger partial charge on any atom is 0.0868 e. The fraction of sp³-hybridized carbons (Fsp3) is 0.917. The van der Waals surface area contributed by atoms with Crippen LogP contribution in [-0.2, 0) is 0 Å². The molecule has 2 atom stereocenters. The van der Waals surface area contributed by atoms with Crippen LogP contribution in [0.3, 0.4) is 0 Å². The van der Waals surface area contributed by atoms with Crippen molar-refractivity contribution < 1.29 is 0 Å². The number of hydrogen-bond acceptors (Lipinski definition) is 2. The van der Waals surface area contributed by atoms with Crippen LogP contribution in [0.5, 0.6) is 0 Å². The molecular formula is C12H22N2. The van der Waals surface area contributed by atoms with Gasteiger partial charge in [0.05, 0.1) is 12.6 Å². The Bertz CT molecular complexity index is 195. The van der Waals surface area contributed by atoms with Crippen LogP contribution in [0.1, 0.15) is 46.0 Å². The van der Waals surface area contributed by atoms with Crippen molar-refractivity contribution in [2.45, 2.75) is 52.0 Å². The van der Waals surface area contributed by atoms with Gasteiger partial charge in [-0.05, 0) is 25.3 Å². The number of rotatable bonds is 4. The predicted molar refractivity (Wildman–Crippen MR) is 58.9 cm³/mol. The van der Waals surface area contributed by atoms with E-state index in [9.17, 15) is 0 Å². The molecule has 0 heterocycles. The highest BCUT2D eigenvalue weighted by Gasteiger charge is 2.24. The van der Waals surface area contributed by atoms with Crippen LogP contribution < -0.4 is 0 Å². The van der Waals surface area contributed by atoms with Gasteiger partial charge in [0.2, 0.25) is 0 Å². The van der Waals surface area contributed by atoms with Crippen molar-refractivity contribution in [1.29, 1.82) is 5.26 Å². The summed E-state index contributed by atoms with van der Waals surface area (Å²) in [5.41, 5.74) is 0. The third-order valence-corrected chi connectivity index (χ3v) is 3.53. The lowest BCUT2D eigenvalue weighted by atomic mass is 9.83. The van der Waals surface area contributed by atoms with E-state index >= 15 is 0 Å². The fourth-order valence-electron chi connectivity index (χ4n) is 2.55. The monoisotopic (exact) mass is 194 g/mol. The molecule has 0 radical (unpaired) electrons. The lowest BCUT2D eigenvalue weighted by Gasteiger charge is -2.35. The summed E-state index contributed by atoms with van der Waals surface area (Å²) < 4.78 is 0. The molecule has 0 amide bonds. The summed E-state index contributed by atoms with van der Waals surface area (Å²) in [6, 6.07) is 2.95. The van der Waals surface area contributed by atoms with Crippen molar-refractivity contribution in [3.8, 4) is 6.07 Å². The van der Waals surface area contributed by atoms with Crippen molar-refractivity contribution in [3.63, 3.8) is 0 Å². The van der Waals surface area contributed by atoms with Crippen molar-refractivity contribution in [1.82, 2.24) is 4.90 Å². The van der Waals surface area contributed by atoms with Crippen molar-refractivity contribution in [3.05, 3.63) is 0 Å². The molecule has 1 aliphatic rings. The van der Waals surface area contributed by atoms with Gasteiger partial charge in [-0.2, -0.15) is 5.26 Å². The van der Waals surface area contributed by atoms with E-state index in [2.05, 4.69) is 24.8 Å². The van der Waals surface area contributed by atoms with Crippen LogP contribution in [0.15, 0.2) is 0 Å². The molecule has 0 spiro atoms. The molecule has 1 aliphatic carbocycles. The lowest BCUT2D eigenvalue weighted by Crippen LogP contribution is -2.38. The fourth-order valence-corrected chi connectivity index (χ4v) is 2.55. The molecule has 1 saturated carbocycles. The SMILES string of the molecule is CCC1CCCC(N(CC)CC#N)C1. The van der Waals surface area contributed by atoms with E-state index in [1.54, 1.807) is 0 Å². The van der Waals surface area contributed by atoms with Crippen LogP contribution in [0, 0.1) is 17.2 Å². The molecule has 0 aromatic carbocycles. The predicted octanol–water partition coefficient (Wildman–Crippen LogP) is 2.80. The molecule has 0 aromatic rings. The van der Waals surface area contributed by atoms with Crippen LogP contribution in [-0.4, -0.2) is 24.0 Å². The Morgan fingerprint density at radius 1 is 1.36 bits per heavy atom. The van der Waals surface area contributed by atoms with Gasteiger partial charge in [0.15, 0.2) is 0 Å². The summed E-state index contributed by atoms with van der Waals surface area (Å²) >= 11 is 0. The summed E-state index contributed by atoms with van der Waals surface area (Å²) in [5, 5.41) is 8.73. The van der Waals surface area contributed by atoms with E-state index in [1.165, 1.54) is 32.1 Å². The minimum atomic E-state index is 0.609. The first kappa shape index (κ1) is 11.5. The van der Waals surface area contributed by atoms with Crippen molar-refractivity contribution >= 4 is 0 Å². The van der Waals surface area contributed by atoms with Gasteiger partial charge >= 0.3 is 0 Å².